The Hall–Kier alpha value is -3.42. The molecule has 0 unspecified atom stereocenters. The molecule has 0 saturated carbocycles. The molecule has 0 spiro atoms. The van der Waals surface area contributed by atoms with Gasteiger partial charge in [0.2, 0.25) is 5.91 Å². The quantitative estimate of drug-likeness (QED) is 0.518. The fraction of sp³-hybridized carbons (Fsp3) is 0.222. The summed E-state index contributed by atoms with van der Waals surface area (Å²) in [4.78, 5) is 35.1. The first-order valence-corrected chi connectivity index (χ1v) is 8.04. The van der Waals surface area contributed by atoms with Crippen LogP contribution in [0.15, 0.2) is 42.5 Å². The van der Waals surface area contributed by atoms with E-state index in [0.717, 1.165) is 17.0 Å². The maximum Gasteiger partial charge on any atom is 0.260 e. The summed E-state index contributed by atoms with van der Waals surface area (Å²) in [6, 6.07) is 11.2. The van der Waals surface area contributed by atoms with Gasteiger partial charge in [-0.2, -0.15) is 5.10 Å². The monoisotopic (exact) mass is 355 g/mol. The Morgan fingerprint density at radius 2 is 1.77 bits per heavy atom. The number of aryl methyl sites for hydroxylation is 2. The third-order valence-corrected chi connectivity index (χ3v) is 3.39. The molecule has 0 aliphatic heterocycles. The van der Waals surface area contributed by atoms with Gasteiger partial charge in [0, 0.05) is 11.8 Å². The van der Waals surface area contributed by atoms with Gasteiger partial charge in [-0.3, -0.25) is 29.9 Å². The van der Waals surface area contributed by atoms with Crippen molar-refractivity contribution < 1.29 is 14.4 Å². The predicted molar refractivity (Wildman–Crippen MR) is 96.5 cm³/mol. The number of carbonyl (C=O) groups excluding carboxylic acids is 3. The number of hydrogen-bond donors (Lipinski definition) is 3. The number of carbonyl (C=O) groups is 3. The van der Waals surface area contributed by atoms with E-state index in [4.69, 9.17) is 0 Å². The summed E-state index contributed by atoms with van der Waals surface area (Å²) in [6.07, 6.45) is 2.98. The number of amides is 3. The van der Waals surface area contributed by atoms with Crippen LogP contribution in [-0.4, -0.2) is 34.0 Å². The van der Waals surface area contributed by atoms with Crippen molar-refractivity contribution in [1.82, 2.24) is 25.9 Å². The summed E-state index contributed by atoms with van der Waals surface area (Å²) in [5.41, 5.74) is 7.06. The van der Waals surface area contributed by atoms with E-state index in [1.54, 1.807) is 6.08 Å². The van der Waals surface area contributed by atoms with Gasteiger partial charge in [0.1, 0.15) is 6.54 Å². The Morgan fingerprint density at radius 1 is 1.08 bits per heavy atom. The molecule has 1 aromatic carbocycles. The van der Waals surface area contributed by atoms with E-state index in [0.29, 0.717) is 0 Å². The van der Waals surface area contributed by atoms with Gasteiger partial charge >= 0.3 is 0 Å². The number of hydrazine groups is 1. The van der Waals surface area contributed by atoms with Crippen LogP contribution < -0.4 is 16.2 Å². The summed E-state index contributed by atoms with van der Waals surface area (Å²) in [5, 5.41) is 6.59. The summed E-state index contributed by atoms with van der Waals surface area (Å²) in [7, 11) is 0. The fourth-order valence-corrected chi connectivity index (χ4v) is 2.16. The van der Waals surface area contributed by atoms with E-state index in [1.165, 1.54) is 10.8 Å². The Bertz CT molecular complexity index is 811. The van der Waals surface area contributed by atoms with Crippen LogP contribution in [0.5, 0.6) is 0 Å². The smallest absolute Gasteiger partial charge is 0.260 e. The first kappa shape index (κ1) is 18.9. The number of nitrogens with zero attached hydrogens (tertiary/aromatic N) is 2. The highest BCUT2D eigenvalue weighted by molar-refractivity contribution is 5.94. The fourth-order valence-electron chi connectivity index (χ4n) is 2.16. The van der Waals surface area contributed by atoms with Gasteiger partial charge in [0.05, 0.1) is 12.2 Å². The summed E-state index contributed by atoms with van der Waals surface area (Å²) >= 11 is 0. The summed E-state index contributed by atoms with van der Waals surface area (Å²) < 4.78 is 1.53. The van der Waals surface area contributed by atoms with Crippen LogP contribution in [0.2, 0.25) is 0 Å². The molecule has 1 aromatic heterocycles. The van der Waals surface area contributed by atoms with E-state index < -0.39 is 17.7 Å². The first-order chi connectivity index (χ1) is 12.4. The topological polar surface area (TPSA) is 105 Å². The number of nitrogens with one attached hydrogen (secondary N) is 3. The zero-order chi connectivity index (χ0) is 18.9. The lowest BCUT2D eigenvalue weighted by atomic mass is 10.2. The minimum Gasteiger partial charge on any atom is -0.343 e. The highest BCUT2D eigenvalue weighted by Gasteiger charge is 2.08. The van der Waals surface area contributed by atoms with Crippen molar-refractivity contribution in [2.45, 2.75) is 20.4 Å². The van der Waals surface area contributed by atoms with Crippen molar-refractivity contribution in [3.63, 3.8) is 0 Å². The highest BCUT2D eigenvalue weighted by Crippen LogP contribution is 2.01. The molecule has 0 fully saturated rings. The van der Waals surface area contributed by atoms with Crippen molar-refractivity contribution in [2.75, 3.05) is 6.54 Å². The number of benzene rings is 1. The third kappa shape index (κ3) is 6.23. The SMILES string of the molecule is Cc1cc(C)n(CC(=O)NNC(=O)CNC(=O)/C=C/c2ccccc2)n1. The van der Waals surface area contributed by atoms with Gasteiger partial charge in [-0.15, -0.1) is 0 Å². The molecule has 8 nitrogen and oxygen atoms in total. The predicted octanol–water partition coefficient (Wildman–Crippen LogP) is 0.477. The molecule has 2 rings (SSSR count). The van der Waals surface area contributed by atoms with Crippen LogP contribution in [0.3, 0.4) is 0 Å². The Kier molecular flexibility index (Phi) is 6.67. The average molecular weight is 355 g/mol. The largest absolute Gasteiger partial charge is 0.343 e. The lowest BCUT2D eigenvalue weighted by Crippen LogP contribution is -2.47. The van der Waals surface area contributed by atoms with Crippen molar-refractivity contribution >= 4 is 23.8 Å². The normalized spacial score (nSPS) is 10.5. The second kappa shape index (κ2) is 9.16. The van der Waals surface area contributed by atoms with Crippen LogP contribution >= 0.6 is 0 Å². The van der Waals surface area contributed by atoms with Crippen molar-refractivity contribution in [3.05, 3.63) is 59.4 Å². The lowest BCUT2D eigenvalue weighted by molar-refractivity contribution is -0.129. The minimum atomic E-state index is -0.534. The average Bonchev–Trinajstić information content (AvgIpc) is 2.94. The zero-order valence-corrected chi connectivity index (χ0v) is 14.7. The Labute approximate surface area is 151 Å². The molecule has 0 saturated heterocycles. The molecule has 3 N–H and O–H groups in total. The molecule has 8 heteroatoms. The van der Waals surface area contributed by atoms with Crippen molar-refractivity contribution in [3.8, 4) is 0 Å². The van der Waals surface area contributed by atoms with Gasteiger partial charge in [-0.25, -0.2) is 0 Å². The van der Waals surface area contributed by atoms with Crippen LogP contribution in [0, 0.1) is 13.8 Å². The van der Waals surface area contributed by atoms with Gasteiger partial charge in [0.25, 0.3) is 11.8 Å². The molecule has 2 aromatic rings. The number of aromatic nitrogens is 2. The van der Waals surface area contributed by atoms with Crippen molar-refractivity contribution in [1.29, 1.82) is 0 Å². The van der Waals surface area contributed by atoms with Crippen LogP contribution in [0.25, 0.3) is 6.08 Å². The Morgan fingerprint density at radius 3 is 2.42 bits per heavy atom. The lowest BCUT2D eigenvalue weighted by Gasteiger charge is -2.08. The maximum atomic E-state index is 11.8. The molecular weight excluding hydrogens is 334 g/mol. The van der Waals surface area contributed by atoms with Gasteiger partial charge in [0.15, 0.2) is 0 Å². The number of rotatable bonds is 6. The second-order valence-corrected chi connectivity index (χ2v) is 5.64. The molecule has 0 radical (unpaired) electrons. The summed E-state index contributed by atoms with van der Waals surface area (Å²) in [5.74, 6) is -1.36. The first-order valence-electron chi connectivity index (χ1n) is 8.04. The second-order valence-electron chi connectivity index (χ2n) is 5.64. The van der Waals surface area contributed by atoms with Crippen LogP contribution in [0.1, 0.15) is 17.0 Å². The molecule has 0 aliphatic carbocycles. The van der Waals surface area contributed by atoms with Gasteiger partial charge in [-0.1, -0.05) is 30.3 Å². The van der Waals surface area contributed by atoms with E-state index >= 15 is 0 Å². The molecule has 0 aliphatic rings. The van der Waals surface area contributed by atoms with E-state index in [-0.39, 0.29) is 13.1 Å². The van der Waals surface area contributed by atoms with Crippen LogP contribution in [-0.2, 0) is 20.9 Å². The minimum absolute atomic E-state index is 0.00781. The molecule has 136 valence electrons. The van der Waals surface area contributed by atoms with E-state index in [9.17, 15) is 14.4 Å². The van der Waals surface area contributed by atoms with E-state index in [1.807, 2.05) is 50.2 Å². The van der Waals surface area contributed by atoms with Crippen LogP contribution in [0.4, 0.5) is 0 Å². The van der Waals surface area contributed by atoms with Gasteiger partial charge in [-0.05, 0) is 31.6 Å². The highest BCUT2D eigenvalue weighted by atomic mass is 16.2. The van der Waals surface area contributed by atoms with Gasteiger partial charge < -0.3 is 5.32 Å². The zero-order valence-electron chi connectivity index (χ0n) is 14.7. The third-order valence-electron chi connectivity index (χ3n) is 3.39. The molecule has 26 heavy (non-hydrogen) atoms. The van der Waals surface area contributed by atoms with Crippen molar-refractivity contribution in [2.24, 2.45) is 0 Å². The molecule has 3 amide bonds. The van der Waals surface area contributed by atoms with E-state index in [2.05, 4.69) is 21.3 Å². The molecule has 0 bridgehead atoms. The maximum absolute atomic E-state index is 11.8. The number of hydrogen-bond acceptors (Lipinski definition) is 4. The molecule has 0 atom stereocenters. The Balaban J connectivity index is 1.68. The molecular formula is C18H21N5O3. The molecule has 1 heterocycles. The summed E-state index contributed by atoms with van der Waals surface area (Å²) in [6.45, 7) is 3.41. The standard InChI is InChI=1S/C18H21N5O3/c1-13-10-14(2)23(22-13)12-18(26)21-20-17(25)11-19-16(24)9-8-15-6-4-3-5-7-15/h3-10H,11-12H2,1-2H3,(H,19,24)(H,20,25)(H,21,26)/b9-8+.